The third-order valence-electron chi connectivity index (χ3n) is 18.1. The summed E-state index contributed by atoms with van der Waals surface area (Å²) in [6, 6.07) is 76.9. The second kappa shape index (κ2) is 19.4. The molecule has 11 aromatic rings. The van der Waals surface area contributed by atoms with Crippen molar-refractivity contribution in [2.45, 2.75) is 38.5 Å². The molecule has 0 bridgehead atoms. The summed E-state index contributed by atoms with van der Waals surface area (Å²) < 4.78 is 2.04. The normalized spacial score (nSPS) is 15.4. The van der Waals surface area contributed by atoms with E-state index in [4.69, 9.17) is 0 Å². The van der Waals surface area contributed by atoms with E-state index >= 15 is 0 Å². The third kappa shape index (κ3) is 7.25. The molecule has 0 aliphatic heterocycles. The zero-order chi connectivity index (χ0) is 58.9. The summed E-state index contributed by atoms with van der Waals surface area (Å²) in [5.74, 6) is -0.448. The van der Waals surface area contributed by atoms with Crippen molar-refractivity contribution < 1.29 is 9.59 Å². The minimum atomic E-state index is -0.847. The van der Waals surface area contributed by atoms with E-state index < -0.39 is 10.8 Å². The van der Waals surface area contributed by atoms with Crippen LogP contribution in [-0.2, 0) is 10.8 Å². The summed E-state index contributed by atoms with van der Waals surface area (Å²) in [4.78, 5) is 30.5. The zero-order valence-electron chi connectivity index (χ0n) is 47.1. The lowest BCUT2D eigenvalue weighted by Gasteiger charge is -2.35. The van der Waals surface area contributed by atoms with Gasteiger partial charge in [0.25, 0.3) is 0 Å². The largest absolute Gasteiger partial charge is 0.289 e. The molecule has 2 heterocycles. The first-order valence-electron chi connectivity index (χ1n) is 28.3. The van der Waals surface area contributed by atoms with Gasteiger partial charge in [-0.1, -0.05) is 180 Å². The lowest BCUT2D eigenvalue weighted by atomic mass is 9.65. The lowest BCUT2D eigenvalue weighted by molar-refractivity contribution is 0.103. The minimum Gasteiger partial charge on any atom is -0.289 e. The smallest absolute Gasteiger partial charge is 0.194 e. The monoisotopic (exact) mass is 1130 g/mol. The molecule has 4 aliphatic carbocycles. The third-order valence-corrected chi connectivity index (χ3v) is 20.2. The molecular formula is C78H46N4O2S2. The molecule has 0 spiro atoms. The second-order valence-electron chi connectivity index (χ2n) is 22.8. The summed E-state index contributed by atoms with van der Waals surface area (Å²) >= 11 is 3.16. The van der Waals surface area contributed by atoms with Crippen LogP contribution in [0.25, 0.3) is 65.7 Å². The number of carbonyl (C=O) groups excluding carboxylic acids is 2. The minimum absolute atomic E-state index is 0.106. The Hall–Kier alpha value is -10.8. The van der Waals surface area contributed by atoms with Crippen LogP contribution in [0.3, 0.4) is 0 Å². The molecule has 0 N–H and O–H groups in total. The van der Waals surface area contributed by atoms with Crippen LogP contribution < -0.4 is 0 Å². The number of carbonyl (C=O) groups is 2. The van der Waals surface area contributed by atoms with Gasteiger partial charge in [-0.05, 0) is 154 Å². The van der Waals surface area contributed by atoms with Crippen LogP contribution in [0, 0.1) is 73.0 Å². The van der Waals surface area contributed by atoms with Crippen molar-refractivity contribution in [2.24, 2.45) is 0 Å². The Morgan fingerprint density at radius 2 is 0.686 bits per heavy atom. The zero-order valence-corrected chi connectivity index (χ0v) is 48.7. The molecule has 0 saturated heterocycles. The number of Topliss-reactive ketones (excluding diaryl/α,β-unsaturated/α-hetero) is 2. The van der Waals surface area contributed by atoms with Crippen LogP contribution in [0.2, 0.25) is 0 Å². The number of nitrogens with zero attached hydrogens (tertiary/aromatic N) is 4. The predicted octanol–water partition coefficient (Wildman–Crippen LogP) is 18.2. The number of hydrogen-bond acceptors (Lipinski definition) is 8. The summed E-state index contributed by atoms with van der Waals surface area (Å²) in [6.07, 6.45) is 3.73. The van der Waals surface area contributed by atoms with Crippen LogP contribution in [0.15, 0.2) is 216 Å². The quantitative estimate of drug-likeness (QED) is 0.120. The fraction of sp³-hybridized carbons (Fsp3) is 0.0769. The van der Waals surface area contributed by atoms with Crippen LogP contribution >= 0.6 is 22.7 Å². The van der Waals surface area contributed by atoms with Gasteiger partial charge in [0.2, 0.25) is 0 Å². The predicted molar refractivity (Wildman–Crippen MR) is 345 cm³/mol. The number of nitriles is 4. The van der Waals surface area contributed by atoms with E-state index in [0.29, 0.717) is 44.5 Å². The van der Waals surface area contributed by atoms with E-state index in [1.807, 2.05) is 36.4 Å². The van der Waals surface area contributed by atoms with Crippen molar-refractivity contribution in [3.63, 3.8) is 0 Å². The van der Waals surface area contributed by atoms with Crippen molar-refractivity contribution in [2.75, 3.05) is 0 Å². The molecule has 0 fully saturated rings. The van der Waals surface area contributed by atoms with Gasteiger partial charge in [-0.3, -0.25) is 9.59 Å². The Labute approximate surface area is 505 Å². The fourth-order valence-corrected chi connectivity index (χ4v) is 16.3. The highest BCUT2D eigenvalue weighted by atomic mass is 32.1. The molecule has 86 heavy (non-hydrogen) atoms. The molecule has 4 aliphatic rings. The topological polar surface area (TPSA) is 129 Å². The number of thiophene rings is 2. The standard InChI is InChI=1S/C78H46N4O2S2/c1-43-13-21-49(22-14-43)77(50-23-15-44(2)16-24-50)65-29-31-69-61(33-53(85-69)35-63-71(47(39-79)40-80)55-9-5-7-11-57(55)75(63)83)73(65)59-38-68-60(37-67(59)77)74-62-34-54(36-64-72(48(41-81)42-82)56-10-6-8-12-58(56)76(64)84)86-70(62)32-30-66(74)78(68,51-25-17-45(3)18-26-51)52-27-19-46(4)20-28-52/h5-38H,1-4H3. The van der Waals surface area contributed by atoms with E-state index in [-0.39, 0.29) is 22.7 Å². The van der Waals surface area contributed by atoms with E-state index in [0.717, 1.165) is 119 Å². The van der Waals surface area contributed by atoms with Gasteiger partial charge in [0.15, 0.2) is 11.6 Å². The van der Waals surface area contributed by atoms with Gasteiger partial charge >= 0.3 is 0 Å². The molecule has 0 atom stereocenters. The van der Waals surface area contributed by atoms with Gasteiger partial charge in [-0.2, -0.15) is 21.0 Å². The molecule has 15 rings (SSSR count). The van der Waals surface area contributed by atoms with Crippen molar-refractivity contribution >= 4 is 77.7 Å². The molecule has 2 aromatic heterocycles. The maximum Gasteiger partial charge on any atom is 0.194 e. The number of hydrogen-bond donors (Lipinski definition) is 0. The fourth-order valence-electron chi connectivity index (χ4n) is 14.3. The first-order valence-corrected chi connectivity index (χ1v) is 30.0. The van der Waals surface area contributed by atoms with E-state index in [1.54, 1.807) is 46.9 Å². The van der Waals surface area contributed by atoms with Crippen LogP contribution in [0.4, 0.5) is 0 Å². The van der Waals surface area contributed by atoms with Gasteiger partial charge < -0.3 is 0 Å². The second-order valence-corrected chi connectivity index (χ2v) is 25.0. The van der Waals surface area contributed by atoms with E-state index in [1.165, 1.54) is 0 Å². The van der Waals surface area contributed by atoms with Crippen molar-refractivity contribution in [1.29, 1.82) is 21.0 Å². The molecule has 0 unspecified atom stereocenters. The maximum absolute atomic E-state index is 14.4. The van der Waals surface area contributed by atoms with Crippen molar-refractivity contribution in [3.8, 4) is 46.5 Å². The number of ketones is 2. The molecular weight excluding hydrogens is 1090 g/mol. The van der Waals surface area contributed by atoms with E-state index in [9.17, 15) is 30.6 Å². The van der Waals surface area contributed by atoms with Crippen molar-refractivity contribution in [1.82, 2.24) is 0 Å². The van der Waals surface area contributed by atoms with Gasteiger partial charge in [-0.25, -0.2) is 0 Å². The molecule has 0 saturated carbocycles. The molecule has 9 aromatic carbocycles. The molecule has 0 amide bonds. The Morgan fingerprint density at radius 3 is 1.00 bits per heavy atom. The molecule has 8 heteroatoms. The average molecular weight is 1140 g/mol. The average Bonchev–Trinajstić information content (AvgIpc) is 1.50. The summed E-state index contributed by atoms with van der Waals surface area (Å²) in [6.45, 7) is 8.48. The Morgan fingerprint density at radius 1 is 0.372 bits per heavy atom. The molecule has 0 radical (unpaired) electrons. The first kappa shape index (κ1) is 52.0. The molecule has 6 nitrogen and oxygen atoms in total. The molecule has 402 valence electrons. The van der Waals surface area contributed by atoms with Crippen LogP contribution in [0.5, 0.6) is 0 Å². The summed E-state index contributed by atoms with van der Waals surface area (Å²) in [5, 5.41) is 43.2. The lowest BCUT2D eigenvalue weighted by Crippen LogP contribution is -2.30. The number of allylic oxidation sites excluding steroid dienone is 6. The van der Waals surface area contributed by atoms with Gasteiger partial charge in [-0.15, -0.1) is 22.7 Å². The number of aryl methyl sites for hydroxylation is 4. The van der Waals surface area contributed by atoms with Crippen LogP contribution in [-0.4, -0.2) is 11.6 Å². The van der Waals surface area contributed by atoms with Gasteiger partial charge in [0, 0.05) is 63.3 Å². The highest BCUT2D eigenvalue weighted by Gasteiger charge is 2.52. The Bertz CT molecular complexity index is 4750. The van der Waals surface area contributed by atoms with Gasteiger partial charge in [0.1, 0.15) is 35.4 Å². The number of rotatable bonds is 6. The first-order chi connectivity index (χ1) is 41.9. The van der Waals surface area contributed by atoms with Crippen molar-refractivity contribution in [3.05, 3.63) is 315 Å². The number of fused-ring (bicyclic) bond motifs is 12. The van der Waals surface area contributed by atoms with E-state index in [2.05, 4.69) is 198 Å². The summed E-state index contributed by atoms with van der Waals surface area (Å²) in [5.41, 5.74) is 19.3. The Kier molecular flexibility index (Phi) is 11.7. The Balaban J connectivity index is 1.06. The highest BCUT2D eigenvalue weighted by Crippen LogP contribution is 2.65. The van der Waals surface area contributed by atoms with Crippen LogP contribution in [0.1, 0.15) is 108 Å². The maximum atomic E-state index is 14.4. The SMILES string of the molecule is Cc1ccc(C2(c3ccc(C)cc3)c3cc4c(cc3-c3c2ccc2sc(C=C5C(=O)c6ccccc6C5=C(C#N)C#N)cc32)C(c2ccc(C)cc2)(c2ccc(C)cc2)c2ccc3sc(C=C5C(=O)c6ccccc6C5=C(C#N)C#N)cc3c2-4)cc1. The van der Waals surface area contributed by atoms with Gasteiger partial charge in [0.05, 0.1) is 10.8 Å². The summed E-state index contributed by atoms with van der Waals surface area (Å²) in [7, 11) is 0. The number of benzene rings is 9. The highest BCUT2D eigenvalue weighted by molar-refractivity contribution is 7.20.